The summed E-state index contributed by atoms with van der Waals surface area (Å²) in [6, 6.07) is 9.86. The Balaban J connectivity index is 2.06. The minimum Gasteiger partial charge on any atom is -0.289 e. The second kappa shape index (κ2) is 5.15. The molecule has 0 saturated heterocycles. The van der Waals surface area contributed by atoms with Crippen LogP contribution in [0, 0.1) is 0 Å². The van der Waals surface area contributed by atoms with Crippen molar-refractivity contribution in [3.05, 3.63) is 40.9 Å². The van der Waals surface area contributed by atoms with E-state index in [2.05, 4.69) is 14.9 Å². The number of hydrogen-bond acceptors (Lipinski definition) is 4. The maximum atomic E-state index is 10.5. The number of hydrogen-bond donors (Lipinski definition) is 2. The Morgan fingerprint density at radius 3 is 2.75 bits per heavy atom. The van der Waals surface area contributed by atoms with Crippen LogP contribution in [0.2, 0.25) is 0 Å². The first-order valence-corrected chi connectivity index (χ1v) is 6.40. The summed E-state index contributed by atoms with van der Waals surface area (Å²) >= 11 is -0.822. The molecule has 0 aliphatic carbocycles. The van der Waals surface area contributed by atoms with Gasteiger partial charge in [0.15, 0.2) is 0 Å². The van der Waals surface area contributed by atoms with E-state index in [1.54, 1.807) is 0 Å². The molecule has 1 heterocycles. The first kappa shape index (κ1) is 11.2. The van der Waals surface area contributed by atoms with Gasteiger partial charge in [0.1, 0.15) is 5.01 Å². The van der Waals surface area contributed by atoms with Gasteiger partial charge in [-0.1, -0.05) is 41.7 Å². The minimum atomic E-state index is -2.09. The molecule has 0 aliphatic heterocycles. The van der Waals surface area contributed by atoms with E-state index in [-0.39, 0.29) is 0 Å². The van der Waals surface area contributed by atoms with E-state index in [0.717, 1.165) is 10.6 Å². The lowest BCUT2D eigenvalue weighted by atomic mass is 10.2. The van der Waals surface area contributed by atoms with Crippen molar-refractivity contribution in [2.45, 2.75) is 6.42 Å². The van der Waals surface area contributed by atoms with Crippen LogP contribution in [0.1, 0.15) is 10.6 Å². The predicted molar refractivity (Wildman–Crippen MR) is 63.6 cm³/mol. The molecule has 1 unspecified atom stereocenters. The third-order valence-corrected chi connectivity index (χ3v) is 3.18. The van der Waals surface area contributed by atoms with Gasteiger partial charge in [-0.2, -0.15) is 0 Å². The number of anilines is 1. The molecule has 0 aliphatic rings. The van der Waals surface area contributed by atoms with Gasteiger partial charge in [0.05, 0.1) is 0 Å². The van der Waals surface area contributed by atoms with Gasteiger partial charge in [-0.3, -0.25) is 9.27 Å². The van der Waals surface area contributed by atoms with Crippen molar-refractivity contribution >= 4 is 27.7 Å². The molecule has 0 bridgehead atoms. The number of rotatable bonds is 4. The maximum Gasteiger partial charge on any atom is 0.261 e. The van der Waals surface area contributed by atoms with E-state index in [4.69, 9.17) is 4.55 Å². The van der Waals surface area contributed by atoms with E-state index < -0.39 is 11.3 Å². The van der Waals surface area contributed by atoms with Crippen molar-refractivity contribution in [2.24, 2.45) is 0 Å². The third-order valence-electron chi connectivity index (χ3n) is 1.84. The van der Waals surface area contributed by atoms with Crippen molar-refractivity contribution < 1.29 is 8.76 Å². The molecule has 0 radical (unpaired) electrons. The highest BCUT2D eigenvalue weighted by Gasteiger charge is 2.05. The van der Waals surface area contributed by atoms with Crippen molar-refractivity contribution in [1.82, 2.24) is 10.2 Å². The Morgan fingerprint density at radius 2 is 2.06 bits per heavy atom. The zero-order valence-electron chi connectivity index (χ0n) is 8.16. The molecule has 2 rings (SSSR count). The zero-order chi connectivity index (χ0) is 11.4. The predicted octanol–water partition coefficient (Wildman–Crippen LogP) is 1.68. The van der Waals surface area contributed by atoms with Crippen molar-refractivity contribution in [2.75, 3.05) is 4.72 Å². The van der Waals surface area contributed by atoms with Crippen LogP contribution in [0.3, 0.4) is 0 Å². The molecule has 84 valence electrons. The van der Waals surface area contributed by atoms with Crippen molar-refractivity contribution in [1.29, 1.82) is 0 Å². The Morgan fingerprint density at radius 1 is 1.31 bits per heavy atom. The zero-order valence-corrected chi connectivity index (χ0v) is 9.79. The van der Waals surface area contributed by atoms with Crippen LogP contribution in [0.4, 0.5) is 5.13 Å². The average Bonchev–Trinajstić information content (AvgIpc) is 2.66. The lowest BCUT2D eigenvalue weighted by molar-refractivity contribution is 0.570. The molecule has 1 aromatic carbocycles. The van der Waals surface area contributed by atoms with Crippen molar-refractivity contribution in [3.63, 3.8) is 0 Å². The fourth-order valence-corrected chi connectivity index (χ4v) is 2.41. The summed E-state index contributed by atoms with van der Waals surface area (Å²) in [5, 5.41) is 8.84. The van der Waals surface area contributed by atoms with Gasteiger partial charge in [-0.15, -0.1) is 10.2 Å². The highest BCUT2D eigenvalue weighted by molar-refractivity contribution is 7.80. The first-order valence-electron chi connectivity index (χ1n) is 4.48. The van der Waals surface area contributed by atoms with Crippen LogP contribution in [-0.4, -0.2) is 19.0 Å². The standard InChI is InChI=1S/C9H9N3O2S2/c13-16(14)12-9-11-10-8(15-9)6-7-4-2-1-3-5-7/h1-5H,6H2,(H,11,12)(H,13,14). The summed E-state index contributed by atoms with van der Waals surface area (Å²) in [6.45, 7) is 0. The van der Waals surface area contributed by atoms with Crippen LogP contribution in [0.25, 0.3) is 0 Å². The van der Waals surface area contributed by atoms with Crippen LogP contribution in [0.15, 0.2) is 30.3 Å². The largest absolute Gasteiger partial charge is 0.289 e. The third kappa shape index (κ3) is 3.09. The Kier molecular flexibility index (Phi) is 3.60. The first-order chi connectivity index (χ1) is 7.74. The number of nitrogens with one attached hydrogen (secondary N) is 1. The molecule has 0 spiro atoms. The number of nitrogens with zero attached hydrogens (tertiary/aromatic N) is 2. The molecule has 0 fully saturated rings. The average molecular weight is 255 g/mol. The molecule has 7 heteroatoms. The van der Waals surface area contributed by atoms with E-state index in [1.165, 1.54) is 11.3 Å². The van der Waals surface area contributed by atoms with E-state index in [9.17, 15) is 4.21 Å². The van der Waals surface area contributed by atoms with Gasteiger partial charge in [-0.05, 0) is 5.56 Å². The molecule has 2 N–H and O–H groups in total. The molecule has 16 heavy (non-hydrogen) atoms. The topological polar surface area (TPSA) is 75.1 Å². The summed E-state index contributed by atoms with van der Waals surface area (Å²) in [5.74, 6) is 0. The van der Waals surface area contributed by atoms with E-state index >= 15 is 0 Å². The Labute approximate surface area is 99.0 Å². The Bertz CT molecular complexity index is 487. The summed E-state index contributed by atoms with van der Waals surface area (Å²) in [6.07, 6.45) is 0.679. The number of aromatic nitrogens is 2. The van der Waals surface area contributed by atoms with E-state index in [1.807, 2.05) is 30.3 Å². The van der Waals surface area contributed by atoms with Crippen LogP contribution >= 0.6 is 11.3 Å². The summed E-state index contributed by atoms with van der Waals surface area (Å²) in [7, 11) is 0. The van der Waals surface area contributed by atoms with Gasteiger partial charge in [0.2, 0.25) is 5.13 Å². The lowest BCUT2D eigenvalue weighted by Crippen LogP contribution is -2.00. The molecule has 1 aromatic heterocycles. The summed E-state index contributed by atoms with van der Waals surface area (Å²) < 4.78 is 21.4. The molecule has 0 amide bonds. The molecular weight excluding hydrogens is 246 g/mol. The number of benzene rings is 1. The van der Waals surface area contributed by atoms with Gasteiger partial charge in [0, 0.05) is 6.42 Å². The molecule has 1 atom stereocenters. The summed E-state index contributed by atoms with van der Waals surface area (Å²) in [4.78, 5) is 0. The van der Waals surface area contributed by atoms with Gasteiger partial charge < -0.3 is 0 Å². The fourth-order valence-electron chi connectivity index (χ4n) is 1.21. The molecular formula is C9H9N3O2S2. The smallest absolute Gasteiger partial charge is 0.261 e. The van der Waals surface area contributed by atoms with Crippen LogP contribution in [0.5, 0.6) is 0 Å². The maximum absolute atomic E-state index is 10.5. The van der Waals surface area contributed by atoms with Crippen LogP contribution < -0.4 is 4.72 Å². The second-order valence-corrected chi connectivity index (χ2v) is 4.78. The SMILES string of the molecule is O=S(O)Nc1nnc(Cc2ccccc2)s1. The molecule has 0 saturated carbocycles. The van der Waals surface area contributed by atoms with Gasteiger partial charge >= 0.3 is 0 Å². The quantitative estimate of drug-likeness (QED) is 0.815. The van der Waals surface area contributed by atoms with E-state index in [0.29, 0.717) is 11.6 Å². The Hall–Kier alpha value is -1.31. The second-order valence-electron chi connectivity index (χ2n) is 3.01. The fraction of sp³-hybridized carbons (Fsp3) is 0.111. The summed E-state index contributed by atoms with van der Waals surface area (Å²) in [5.41, 5.74) is 1.13. The van der Waals surface area contributed by atoms with Crippen molar-refractivity contribution in [3.8, 4) is 0 Å². The monoisotopic (exact) mass is 255 g/mol. The highest BCUT2D eigenvalue weighted by Crippen LogP contribution is 2.18. The lowest BCUT2D eigenvalue weighted by Gasteiger charge is -1.94. The van der Waals surface area contributed by atoms with Crippen LogP contribution in [-0.2, 0) is 17.7 Å². The van der Waals surface area contributed by atoms with Gasteiger partial charge in [-0.25, -0.2) is 4.21 Å². The minimum absolute atomic E-state index is 0.353. The molecule has 2 aromatic rings. The highest BCUT2D eigenvalue weighted by atomic mass is 32.2. The van der Waals surface area contributed by atoms with Gasteiger partial charge in [0.25, 0.3) is 11.3 Å². The normalized spacial score (nSPS) is 12.3. The molecule has 5 nitrogen and oxygen atoms in total.